The molecular formula is C13H12N6. The molecule has 0 amide bonds. The molecule has 3 heterocycles. The van der Waals surface area contributed by atoms with Crippen LogP contribution in [0.1, 0.15) is 17.2 Å². The fourth-order valence-electron chi connectivity index (χ4n) is 1.80. The van der Waals surface area contributed by atoms with Crippen LogP contribution < -0.4 is 5.73 Å². The highest BCUT2D eigenvalue weighted by atomic mass is 15.1. The molecular weight excluding hydrogens is 240 g/mol. The Morgan fingerprint density at radius 1 is 1.11 bits per heavy atom. The lowest BCUT2D eigenvalue weighted by Gasteiger charge is -2.04. The normalized spacial score (nSPS) is 10.8. The molecule has 0 atom stereocenters. The Hall–Kier alpha value is -2.63. The van der Waals surface area contributed by atoms with E-state index < -0.39 is 0 Å². The molecule has 0 spiro atoms. The van der Waals surface area contributed by atoms with Gasteiger partial charge in [-0.05, 0) is 31.2 Å². The summed E-state index contributed by atoms with van der Waals surface area (Å²) < 4.78 is 0. The lowest BCUT2D eigenvalue weighted by atomic mass is 10.2. The highest BCUT2D eigenvalue weighted by Crippen LogP contribution is 2.15. The molecule has 0 saturated carbocycles. The minimum absolute atomic E-state index is 0.390. The van der Waals surface area contributed by atoms with Crippen LogP contribution in [-0.4, -0.2) is 25.1 Å². The molecule has 0 aliphatic carbocycles. The fourth-order valence-corrected chi connectivity index (χ4v) is 1.80. The van der Waals surface area contributed by atoms with Crippen molar-refractivity contribution in [1.29, 1.82) is 0 Å². The second-order valence-corrected chi connectivity index (χ2v) is 4.24. The van der Waals surface area contributed by atoms with Crippen molar-refractivity contribution in [2.24, 2.45) is 0 Å². The Morgan fingerprint density at radius 3 is 2.79 bits per heavy atom. The number of anilines is 1. The smallest absolute Gasteiger partial charge is 0.153 e. The van der Waals surface area contributed by atoms with E-state index in [1.54, 1.807) is 6.20 Å². The third-order valence-electron chi connectivity index (χ3n) is 2.72. The third-order valence-corrected chi connectivity index (χ3v) is 2.72. The van der Waals surface area contributed by atoms with E-state index in [1.165, 1.54) is 0 Å². The van der Waals surface area contributed by atoms with Crippen LogP contribution in [0.3, 0.4) is 0 Å². The van der Waals surface area contributed by atoms with Crippen LogP contribution in [0, 0.1) is 6.92 Å². The number of hydrogen-bond acceptors (Lipinski definition) is 6. The minimum Gasteiger partial charge on any atom is -0.382 e. The second-order valence-electron chi connectivity index (χ2n) is 4.24. The van der Waals surface area contributed by atoms with Crippen LogP contribution in [0.4, 0.5) is 5.82 Å². The molecule has 6 nitrogen and oxygen atoms in total. The minimum atomic E-state index is 0.390. The van der Waals surface area contributed by atoms with E-state index in [2.05, 4.69) is 25.1 Å². The van der Waals surface area contributed by atoms with Gasteiger partial charge in [-0.3, -0.25) is 4.98 Å². The monoisotopic (exact) mass is 252 g/mol. The maximum absolute atomic E-state index is 5.89. The Morgan fingerprint density at radius 2 is 2.00 bits per heavy atom. The van der Waals surface area contributed by atoms with Crippen molar-refractivity contribution in [3.63, 3.8) is 0 Å². The van der Waals surface area contributed by atoms with Gasteiger partial charge in [0.05, 0.1) is 23.3 Å². The summed E-state index contributed by atoms with van der Waals surface area (Å²) in [5.74, 6) is 1.01. The molecule has 94 valence electrons. The van der Waals surface area contributed by atoms with Gasteiger partial charge < -0.3 is 5.73 Å². The van der Waals surface area contributed by atoms with Crippen molar-refractivity contribution in [2.45, 2.75) is 13.3 Å². The summed E-state index contributed by atoms with van der Waals surface area (Å²) in [6.07, 6.45) is 2.18. The number of nitrogens with zero attached hydrogens (tertiary/aromatic N) is 5. The molecule has 3 aromatic heterocycles. The van der Waals surface area contributed by atoms with Gasteiger partial charge in [-0.2, -0.15) is 10.2 Å². The van der Waals surface area contributed by atoms with Gasteiger partial charge in [-0.15, -0.1) is 0 Å². The SMILES string of the molecule is Cc1ccc(Cc2nc(N)c3ncccc3n2)nn1. The molecule has 2 N–H and O–H groups in total. The van der Waals surface area contributed by atoms with Gasteiger partial charge in [-0.25, -0.2) is 9.97 Å². The van der Waals surface area contributed by atoms with E-state index >= 15 is 0 Å². The predicted octanol–water partition coefficient (Wildman–Crippen LogP) is 1.30. The summed E-state index contributed by atoms with van der Waals surface area (Å²) in [6.45, 7) is 1.90. The largest absolute Gasteiger partial charge is 0.382 e. The topological polar surface area (TPSA) is 90.5 Å². The molecule has 0 bridgehead atoms. The standard InChI is InChI=1S/C13H12N6/c1-8-4-5-9(19-18-8)7-11-16-10-3-2-6-15-12(10)13(14)17-11/h2-6H,7H2,1H3,(H2,14,16,17). The molecule has 0 radical (unpaired) electrons. The van der Waals surface area contributed by atoms with Gasteiger partial charge in [0.2, 0.25) is 0 Å². The van der Waals surface area contributed by atoms with Gasteiger partial charge in [0.1, 0.15) is 11.3 Å². The van der Waals surface area contributed by atoms with E-state index in [0.29, 0.717) is 23.6 Å². The Balaban J connectivity index is 1.99. The average molecular weight is 252 g/mol. The maximum atomic E-state index is 5.89. The van der Waals surface area contributed by atoms with E-state index in [-0.39, 0.29) is 0 Å². The fraction of sp³-hybridized carbons (Fsp3) is 0.154. The van der Waals surface area contributed by atoms with E-state index in [9.17, 15) is 0 Å². The van der Waals surface area contributed by atoms with Crippen LogP contribution in [-0.2, 0) is 6.42 Å². The first-order valence-electron chi connectivity index (χ1n) is 5.89. The summed E-state index contributed by atoms with van der Waals surface area (Å²) in [6, 6.07) is 7.51. The zero-order valence-corrected chi connectivity index (χ0v) is 10.4. The molecule has 0 unspecified atom stereocenters. The van der Waals surface area contributed by atoms with E-state index in [1.807, 2.05) is 31.2 Å². The number of aryl methyl sites for hydroxylation is 1. The third kappa shape index (κ3) is 2.33. The van der Waals surface area contributed by atoms with Crippen molar-refractivity contribution in [3.8, 4) is 0 Å². The summed E-state index contributed by atoms with van der Waals surface area (Å²) in [5, 5.41) is 8.11. The Kier molecular flexibility index (Phi) is 2.75. The van der Waals surface area contributed by atoms with Crippen molar-refractivity contribution in [1.82, 2.24) is 25.1 Å². The van der Waals surface area contributed by atoms with Crippen LogP contribution in [0.15, 0.2) is 30.5 Å². The van der Waals surface area contributed by atoms with Gasteiger partial charge in [0, 0.05) is 6.20 Å². The number of aromatic nitrogens is 5. The lowest BCUT2D eigenvalue weighted by Crippen LogP contribution is -2.04. The van der Waals surface area contributed by atoms with Crippen molar-refractivity contribution in [3.05, 3.63) is 47.7 Å². The summed E-state index contributed by atoms with van der Waals surface area (Å²) in [7, 11) is 0. The number of pyridine rings is 1. The number of nitrogens with two attached hydrogens (primary N) is 1. The lowest BCUT2D eigenvalue weighted by molar-refractivity contribution is 0.875. The molecule has 3 aromatic rings. The first-order valence-corrected chi connectivity index (χ1v) is 5.89. The van der Waals surface area contributed by atoms with Gasteiger partial charge >= 0.3 is 0 Å². The van der Waals surface area contributed by atoms with Crippen LogP contribution in [0.5, 0.6) is 0 Å². The zero-order chi connectivity index (χ0) is 13.2. The number of fused-ring (bicyclic) bond motifs is 1. The molecule has 0 saturated heterocycles. The number of hydrogen-bond donors (Lipinski definition) is 1. The summed E-state index contributed by atoms with van der Waals surface area (Å²) in [4.78, 5) is 12.9. The number of nitrogen functional groups attached to an aromatic ring is 1. The van der Waals surface area contributed by atoms with Crippen molar-refractivity contribution >= 4 is 16.9 Å². The zero-order valence-electron chi connectivity index (χ0n) is 10.4. The van der Waals surface area contributed by atoms with Crippen LogP contribution in [0.25, 0.3) is 11.0 Å². The molecule has 0 aliphatic heterocycles. The first-order chi connectivity index (χ1) is 9.22. The molecule has 6 heteroatoms. The molecule has 0 fully saturated rings. The molecule has 0 aromatic carbocycles. The summed E-state index contributed by atoms with van der Waals surface area (Å²) >= 11 is 0. The quantitative estimate of drug-likeness (QED) is 0.739. The second kappa shape index (κ2) is 4.56. The van der Waals surface area contributed by atoms with E-state index in [4.69, 9.17) is 5.73 Å². The van der Waals surface area contributed by atoms with Gasteiger partial charge in [-0.1, -0.05) is 0 Å². The maximum Gasteiger partial charge on any atom is 0.153 e. The van der Waals surface area contributed by atoms with Crippen molar-refractivity contribution in [2.75, 3.05) is 5.73 Å². The van der Waals surface area contributed by atoms with Crippen LogP contribution >= 0.6 is 0 Å². The average Bonchev–Trinajstić information content (AvgIpc) is 2.42. The van der Waals surface area contributed by atoms with Gasteiger partial charge in [0.25, 0.3) is 0 Å². The van der Waals surface area contributed by atoms with Gasteiger partial charge in [0.15, 0.2) is 5.82 Å². The molecule has 3 rings (SSSR count). The highest BCUT2D eigenvalue weighted by Gasteiger charge is 2.07. The molecule has 19 heavy (non-hydrogen) atoms. The van der Waals surface area contributed by atoms with E-state index in [0.717, 1.165) is 16.9 Å². The molecule has 0 aliphatic rings. The highest BCUT2D eigenvalue weighted by molar-refractivity contribution is 5.83. The first kappa shape index (κ1) is 11.5. The summed E-state index contributed by atoms with van der Waals surface area (Å²) in [5.41, 5.74) is 8.95. The Bertz CT molecular complexity index is 723. The number of rotatable bonds is 2. The van der Waals surface area contributed by atoms with Crippen molar-refractivity contribution < 1.29 is 0 Å². The van der Waals surface area contributed by atoms with Crippen LogP contribution in [0.2, 0.25) is 0 Å². The predicted molar refractivity (Wildman–Crippen MR) is 71.3 cm³/mol. The Labute approximate surface area is 109 Å².